The molecule has 23 heavy (non-hydrogen) atoms. The van der Waals surface area contributed by atoms with Crippen LogP contribution < -0.4 is 10.6 Å². The van der Waals surface area contributed by atoms with Crippen molar-refractivity contribution in [2.24, 2.45) is 5.92 Å². The fraction of sp³-hybridized carbons (Fsp3) is 0.562. The Hall–Kier alpha value is -1.43. The minimum absolute atomic E-state index is 0.0734. The van der Waals surface area contributed by atoms with Gasteiger partial charge in [0.1, 0.15) is 6.04 Å². The molecule has 0 aliphatic carbocycles. The van der Waals surface area contributed by atoms with Crippen molar-refractivity contribution in [3.05, 3.63) is 28.8 Å². The molecule has 0 saturated heterocycles. The van der Waals surface area contributed by atoms with E-state index < -0.39 is 23.3 Å². The van der Waals surface area contributed by atoms with E-state index in [2.05, 4.69) is 10.6 Å². The summed E-state index contributed by atoms with van der Waals surface area (Å²) in [5.74, 6) is -0.306. The van der Waals surface area contributed by atoms with E-state index >= 15 is 0 Å². The Labute approximate surface area is 139 Å². The summed E-state index contributed by atoms with van der Waals surface area (Å²) in [7, 11) is 0. The van der Waals surface area contributed by atoms with Crippen LogP contribution in [0, 0.1) is 5.92 Å². The number of anilines is 1. The third-order valence-electron chi connectivity index (χ3n) is 3.05. The van der Waals surface area contributed by atoms with E-state index in [1.165, 1.54) is 6.07 Å². The van der Waals surface area contributed by atoms with Crippen molar-refractivity contribution in [1.29, 1.82) is 0 Å². The van der Waals surface area contributed by atoms with Gasteiger partial charge in [0, 0.05) is 5.54 Å². The highest BCUT2D eigenvalue weighted by atomic mass is 35.5. The van der Waals surface area contributed by atoms with Crippen molar-refractivity contribution >= 4 is 23.2 Å². The fourth-order valence-corrected chi connectivity index (χ4v) is 2.19. The van der Waals surface area contributed by atoms with Gasteiger partial charge in [0.25, 0.3) is 0 Å². The Morgan fingerprint density at radius 2 is 1.74 bits per heavy atom. The van der Waals surface area contributed by atoms with E-state index in [9.17, 15) is 18.0 Å². The second-order valence-corrected chi connectivity index (χ2v) is 7.20. The second-order valence-electron chi connectivity index (χ2n) is 6.80. The molecule has 1 aromatic rings. The number of carbonyl (C=O) groups is 1. The number of benzene rings is 1. The molecule has 0 aliphatic heterocycles. The van der Waals surface area contributed by atoms with Crippen LogP contribution in [0.5, 0.6) is 0 Å². The molecule has 1 atom stereocenters. The molecule has 0 radical (unpaired) electrons. The molecule has 0 saturated carbocycles. The van der Waals surface area contributed by atoms with Crippen molar-refractivity contribution in [2.75, 3.05) is 5.32 Å². The molecule has 7 heteroatoms. The van der Waals surface area contributed by atoms with Crippen molar-refractivity contribution in [2.45, 2.75) is 52.4 Å². The molecule has 1 rings (SSSR count). The van der Waals surface area contributed by atoms with Crippen LogP contribution in [0.1, 0.15) is 40.2 Å². The Bertz CT molecular complexity index is 565. The molecule has 0 aliphatic rings. The van der Waals surface area contributed by atoms with E-state index in [4.69, 9.17) is 11.6 Å². The van der Waals surface area contributed by atoms with Gasteiger partial charge >= 0.3 is 6.18 Å². The van der Waals surface area contributed by atoms with Gasteiger partial charge in [-0.2, -0.15) is 13.2 Å². The largest absolute Gasteiger partial charge is 0.416 e. The summed E-state index contributed by atoms with van der Waals surface area (Å²) in [6.07, 6.45) is -4.46. The number of halogens is 4. The molecule has 0 spiro atoms. The molecular formula is C16H22ClF3N2O. The molecule has 130 valence electrons. The van der Waals surface area contributed by atoms with Gasteiger partial charge in [-0.05, 0) is 44.9 Å². The quantitative estimate of drug-likeness (QED) is 0.825. The zero-order valence-corrected chi connectivity index (χ0v) is 14.6. The molecule has 3 nitrogen and oxygen atoms in total. The SMILES string of the molecule is CC(C)[C@@H](Nc1ccc(C(F)(F)F)cc1Cl)C(=O)NC(C)(C)C. The number of alkyl halides is 3. The van der Waals surface area contributed by atoms with Gasteiger partial charge in [0.05, 0.1) is 16.3 Å². The molecule has 0 unspecified atom stereocenters. The lowest BCUT2D eigenvalue weighted by Gasteiger charge is -2.28. The van der Waals surface area contributed by atoms with Crippen LogP contribution in [0.3, 0.4) is 0 Å². The maximum atomic E-state index is 12.7. The van der Waals surface area contributed by atoms with Gasteiger partial charge in [-0.25, -0.2) is 0 Å². The molecular weight excluding hydrogens is 329 g/mol. The Balaban J connectivity index is 3.00. The number of rotatable bonds is 4. The summed E-state index contributed by atoms with van der Waals surface area (Å²) in [6, 6.07) is 2.42. The summed E-state index contributed by atoms with van der Waals surface area (Å²) in [5, 5.41) is 5.71. The molecule has 0 heterocycles. The van der Waals surface area contributed by atoms with E-state index in [0.717, 1.165) is 12.1 Å². The smallest absolute Gasteiger partial charge is 0.372 e. The average molecular weight is 351 g/mol. The third kappa shape index (κ3) is 5.94. The lowest BCUT2D eigenvalue weighted by molar-refractivity contribution is -0.137. The third-order valence-corrected chi connectivity index (χ3v) is 3.37. The van der Waals surface area contributed by atoms with Crippen molar-refractivity contribution in [3.63, 3.8) is 0 Å². The lowest BCUT2D eigenvalue weighted by Crippen LogP contribution is -2.50. The highest BCUT2D eigenvalue weighted by Gasteiger charge is 2.31. The van der Waals surface area contributed by atoms with Gasteiger partial charge in [-0.1, -0.05) is 25.4 Å². The van der Waals surface area contributed by atoms with Crippen LogP contribution in [-0.2, 0) is 11.0 Å². The van der Waals surface area contributed by atoms with Crippen molar-refractivity contribution in [1.82, 2.24) is 5.32 Å². The fourth-order valence-electron chi connectivity index (χ4n) is 1.96. The first-order valence-electron chi connectivity index (χ1n) is 7.26. The second kappa shape index (κ2) is 6.99. The summed E-state index contributed by atoms with van der Waals surface area (Å²) < 4.78 is 38.0. The van der Waals surface area contributed by atoms with Gasteiger partial charge in [-0.3, -0.25) is 4.79 Å². The van der Waals surface area contributed by atoms with Crippen LogP contribution in [0.4, 0.5) is 18.9 Å². The zero-order chi connectivity index (χ0) is 18.0. The van der Waals surface area contributed by atoms with Crippen molar-refractivity contribution < 1.29 is 18.0 Å². The Morgan fingerprint density at radius 3 is 2.13 bits per heavy atom. The topological polar surface area (TPSA) is 41.1 Å². The number of nitrogens with one attached hydrogen (secondary N) is 2. The van der Waals surface area contributed by atoms with Crippen LogP contribution in [0.2, 0.25) is 5.02 Å². The van der Waals surface area contributed by atoms with Gasteiger partial charge in [0.2, 0.25) is 5.91 Å². The first kappa shape index (κ1) is 19.6. The van der Waals surface area contributed by atoms with Crippen LogP contribution in [0.15, 0.2) is 18.2 Å². The zero-order valence-electron chi connectivity index (χ0n) is 13.8. The summed E-state index contributed by atoms with van der Waals surface area (Å²) >= 11 is 5.93. The summed E-state index contributed by atoms with van der Waals surface area (Å²) in [4.78, 5) is 12.3. The van der Waals surface area contributed by atoms with Crippen LogP contribution in [0.25, 0.3) is 0 Å². The van der Waals surface area contributed by atoms with E-state index in [0.29, 0.717) is 5.69 Å². The van der Waals surface area contributed by atoms with Gasteiger partial charge in [0.15, 0.2) is 0 Å². The number of amides is 1. The van der Waals surface area contributed by atoms with Crippen LogP contribution in [-0.4, -0.2) is 17.5 Å². The molecule has 2 N–H and O–H groups in total. The Kier molecular flexibility index (Phi) is 5.96. The standard InChI is InChI=1S/C16H22ClF3N2O/c1-9(2)13(14(23)22-15(3,4)5)21-12-7-6-10(8-11(12)17)16(18,19)20/h6-9,13,21H,1-5H3,(H,22,23)/t13-/m1/s1. The Morgan fingerprint density at radius 1 is 1.17 bits per heavy atom. The number of hydrogen-bond donors (Lipinski definition) is 2. The molecule has 0 bridgehead atoms. The predicted molar refractivity (Wildman–Crippen MR) is 86.6 cm³/mol. The minimum atomic E-state index is -4.46. The average Bonchev–Trinajstić information content (AvgIpc) is 2.33. The monoisotopic (exact) mass is 350 g/mol. The van der Waals surface area contributed by atoms with Crippen molar-refractivity contribution in [3.8, 4) is 0 Å². The maximum Gasteiger partial charge on any atom is 0.416 e. The maximum absolute atomic E-state index is 12.7. The molecule has 0 aromatic heterocycles. The lowest BCUT2D eigenvalue weighted by atomic mass is 10.0. The predicted octanol–water partition coefficient (Wildman–Crippen LogP) is 4.71. The first-order chi connectivity index (χ1) is 10.3. The molecule has 0 fully saturated rings. The van der Waals surface area contributed by atoms with Gasteiger partial charge in [-0.15, -0.1) is 0 Å². The van der Waals surface area contributed by atoms with Gasteiger partial charge < -0.3 is 10.6 Å². The van der Waals surface area contributed by atoms with E-state index in [-0.39, 0.29) is 16.8 Å². The highest BCUT2D eigenvalue weighted by Crippen LogP contribution is 2.34. The number of carbonyl (C=O) groups excluding carboxylic acids is 1. The first-order valence-corrected chi connectivity index (χ1v) is 7.64. The van der Waals surface area contributed by atoms with Crippen LogP contribution >= 0.6 is 11.6 Å². The normalized spacial score (nSPS) is 13.8. The highest BCUT2D eigenvalue weighted by molar-refractivity contribution is 6.33. The van der Waals surface area contributed by atoms with E-state index in [1.54, 1.807) is 0 Å². The number of hydrogen-bond acceptors (Lipinski definition) is 2. The molecule has 1 aromatic carbocycles. The van der Waals surface area contributed by atoms with E-state index in [1.807, 2.05) is 34.6 Å². The minimum Gasteiger partial charge on any atom is -0.372 e. The molecule has 1 amide bonds. The summed E-state index contributed by atoms with van der Waals surface area (Å²) in [6.45, 7) is 9.25. The summed E-state index contributed by atoms with van der Waals surface area (Å²) in [5.41, 5.74) is -0.939.